The highest BCUT2D eigenvalue weighted by atomic mass is 32.2. The van der Waals surface area contributed by atoms with Crippen LogP contribution in [0.25, 0.3) is 6.08 Å². The molecule has 2 aromatic rings. The Bertz CT molecular complexity index is 975. The second-order valence-electron chi connectivity index (χ2n) is 6.48. The number of hydrogen-bond acceptors (Lipinski definition) is 6. The summed E-state index contributed by atoms with van der Waals surface area (Å²) >= 11 is 6.51. The molecule has 1 amide bonds. The van der Waals surface area contributed by atoms with Crippen LogP contribution >= 0.6 is 24.0 Å². The zero-order valence-electron chi connectivity index (χ0n) is 16.4. The first kappa shape index (κ1) is 21.9. The number of methoxy groups -OCH3 is 1. The maximum Gasteiger partial charge on any atom is 0.303 e. The SMILES string of the molecule is COc1cccc(/C=C2\SC(=S)N(CCCC(=O)O)C2=O)c1OCc1ccccc1. The van der Waals surface area contributed by atoms with Crippen LogP contribution in [0.2, 0.25) is 0 Å². The average Bonchev–Trinajstić information content (AvgIpc) is 3.00. The molecule has 1 aliphatic heterocycles. The van der Waals surface area contributed by atoms with Crippen molar-refractivity contribution in [1.82, 2.24) is 4.90 Å². The lowest BCUT2D eigenvalue weighted by Gasteiger charge is -2.14. The molecule has 1 heterocycles. The van der Waals surface area contributed by atoms with E-state index >= 15 is 0 Å². The Morgan fingerprint density at radius 3 is 2.67 bits per heavy atom. The number of thioether (sulfide) groups is 1. The smallest absolute Gasteiger partial charge is 0.303 e. The number of carboxylic acids is 1. The van der Waals surface area contributed by atoms with Crippen LogP contribution in [0, 0.1) is 0 Å². The number of benzene rings is 2. The molecule has 156 valence electrons. The predicted octanol–water partition coefficient (Wildman–Crippen LogP) is 4.34. The Kier molecular flexibility index (Phi) is 7.48. The van der Waals surface area contributed by atoms with E-state index in [1.54, 1.807) is 19.3 Å². The summed E-state index contributed by atoms with van der Waals surface area (Å²) in [6, 6.07) is 15.2. The van der Waals surface area contributed by atoms with Gasteiger partial charge in [0.25, 0.3) is 5.91 Å². The van der Waals surface area contributed by atoms with Gasteiger partial charge in [-0.25, -0.2) is 0 Å². The van der Waals surface area contributed by atoms with Crippen molar-refractivity contribution in [1.29, 1.82) is 0 Å². The van der Waals surface area contributed by atoms with Crippen molar-refractivity contribution in [3.63, 3.8) is 0 Å². The zero-order chi connectivity index (χ0) is 21.5. The highest BCUT2D eigenvalue weighted by Gasteiger charge is 2.32. The highest BCUT2D eigenvalue weighted by Crippen LogP contribution is 2.38. The maximum absolute atomic E-state index is 12.8. The van der Waals surface area contributed by atoms with Crippen molar-refractivity contribution in [2.45, 2.75) is 19.4 Å². The number of ether oxygens (including phenoxy) is 2. The second kappa shape index (κ2) is 10.3. The second-order valence-corrected chi connectivity index (χ2v) is 8.16. The summed E-state index contributed by atoms with van der Waals surface area (Å²) < 4.78 is 11.9. The number of aliphatic carboxylic acids is 1. The van der Waals surface area contributed by atoms with Crippen LogP contribution in [0.5, 0.6) is 11.5 Å². The molecule has 8 heteroatoms. The molecule has 0 atom stereocenters. The van der Waals surface area contributed by atoms with Crippen LogP contribution in [0.15, 0.2) is 53.4 Å². The van der Waals surface area contributed by atoms with Gasteiger partial charge in [-0.15, -0.1) is 0 Å². The Hall–Kier alpha value is -2.84. The summed E-state index contributed by atoms with van der Waals surface area (Å²) in [6.45, 7) is 0.641. The molecule has 1 aliphatic rings. The van der Waals surface area contributed by atoms with Crippen molar-refractivity contribution in [3.05, 3.63) is 64.6 Å². The van der Waals surface area contributed by atoms with Gasteiger partial charge in [0.1, 0.15) is 10.9 Å². The number of amides is 1. The number of thiocarbonyl (C=S) groups is 1. The molecule has 1 saturated heterocycles. The van der Waals surface area contributed by atoms with Gasteiger partial charge in [0.2, 0.25) is 0 Å². The molecule has 30 heavy (non-hydrogen) atoms. The number of carbonyl (C=O) groups excluding carboxylic acids is 1. The van der Waals surface area contributed by atoms with Gasteiger partial charge in [-0.1, -0.05) is 66.4 Å². The first-order valence-corrected chi connectivity index (χ1v) is 10.5. The minimum Gasteiger partial charge on any atom is -0.493 e. The molecule has 0 unspecified atom stereocenters. The van der Waals surface area contributed by atoms with Gasteiger partial charge in [0.05, 0.1) is 12.0 Å². The monoisotopic (exact) mass is 443 g/mol. The average molecular weight is 444 g/mol. The Labute approximate surface area is 184 Å². The normalized spacial score (nSPS) is 15.0. The summed E-state index contributed by atoms with van der Waals surface area (Å²) in [7, 11) is 1.57. The number of carboxylic acid groups (broad SMARTS) is 1. The van der Waals surface area contributed by atoms with Gasteiger partial charge in [-0.2, -0.15) is 0 Å². The Balaban J connectivity index is 1.81. The van der Waals surface area contributed by atoms with E-state index in [0.29, 0.717) is 39.3 Å². The lowest BCUT2D eigenvalue weighted by atomic mass is 10.1. The molecular weight excluding hydrogens is 422 g/mol. The van der Waals surface area contributed by atoms with E-state index in [1.165, 1.54) is 16.7 Å². The third-order valence-electron chi connectivity index (χ3n) is 4.39. The standard InChI is InChI=1S/C22H21NO5S2/c1-27-17-10-5-9-16(20(17)28-14-15-7-3-2-4-8-15)13-18-21(26)23(22(29)30-18)12-6-11-19(24)25/h2-5,7-10,13H,6,11-12,14H2,1H3,(H,24,25)/b18-13-. The van der Waals surface area contributed by atoms with Gasteiger partial charge in [-0.05, 0) is 24.1 Å². The van der Waals surface area contributed by atoms with Crippen LogP contribution in [0.4, 0.5) is 0 Å². The highest BCUT2D eigenvalue weighted by molar-refractivity contribution is 8.26. The van der Waals surface area contributed by atoms with Crippen LogP contribution in [-0.4, -0.2) is 39.9 Å². The van der Waals surface area contributed by atoms with E-state index in [4.69, 9.17) is 26.8 Å². The molecule has 0 radical (unpaired) electrons. The van der Waals surface area contributed by atoms with Gasteiger partial charge < -0.3 is 14.6 Å². The summed E-state index contributed by atoms with van der Waals surface area (Å²) in [5.74, 6) is -0.0172. The van der Waals surface area contributed by atoms with Gasteiger partial charge in [-0.3, -0.25) is 14.5 Å². The maximum atomic E-state index is 12.8. The van der Waals surface area contributed by atoms with Crippen LogP contribution in [-0.2, 0) is 16.2 Å². The van der Waals surface area contributed by atoms with Gasteiger partial charge in [0, 0.05) is 18.5 Å². The summed E-state index contributed by atoms with van der Waals surface area (Å²) in [4.78, 5) is 25.4. The predicted molar refractivity (Wildman–Crippen MR) is 121 cm³/mol. The first-order chi connectivity index (χ1) is 14.5. The van der Waals surface area contributed by atoms with Crippen LogP contribution in [0.1, 0.15) is 24.0 Å². The van der Waals surface area contributed by atoms with E-state index in [1.807, 2.05) is 42.5 Å². The van der Waals surface area contributed by atoms with E-state index in [9.17, 15) is 9.59 Å². The molecular formula is C22H21NO5S2. The molecule has 3 rings (SSSR count). The van der Waals surface area contributed by atoms with Crippen molar-refractivity contribution < 1.29 is 24.2 Å². The van der Waals surface area contributed by atoms with Crippen molar-refractivity contribution >= 4 is 46.3 Å². The fraction of sp³-hybridized carbons (Fsp3) is 0.227. The molecule has 1 N–H and O–H groups in total. The minimum absolute atomic E-state index is 0.0105. The molecule has 0 aliphatic carbocycles. The Morgan fingerprint density at radius 2 is 1.97 bits per heavy atom. The summed E-state index contributed by atoms with van der Waals surface area (Å²) in [5.41, 5.74) is 1.72. The summed E-state index contributed by atoms with van der Waals surface area (Å²) in [6.07, 6.45) is 2.07. The number of hydrogen-bond donors (Lipinski definition) is 1. The molecule has 0 aromatic heterocycles. The molecule has 2 aromatic carbocycles. The van der Waals surface area contributed by atoms with Crippen molar-refractivity contribution in [2.75, 3.05) is 13.7 Å². The number of para-hydroxylation sites is 1. The zero-order valence-corrected chi connectivity index (χ0v) is 18.0. The third-order valence-corrected chi connectivity index (χ3v) is 5.77. The summed E-state index contributed by atoms with van der Waals surface area (Å²) in [5, 5.41) is 8.80. The molecule has 0 saturated carbocycles. The van der Waals surface area contributed by atoms with Crippen molar-refractivity contribution in [2.24, 2.45) is 0 Å². The van der Waals surface area contributed by atoms with E-state index < -0.39 is 5.97 Å². The number of carbonyl (C=O) groups is 2. The number of rotatable bonds is 9. The third kappa shape index (κ3) is 5.40. The lowest BCUT2D eigenvalue weighted by Crippen LogP contribution is -2.29. The number of nitrogens with zero attached hydrogens (tertiary/aromatic N) is 1. The largest absolute Gasteiger partial charge is 0.493 e. The molecule has 1 fully saturated rings. The van der Waals surface area contributed by atoms with E-state index in [-0.39, 0.29) is 18.9 Å². The van der Waals surface area contributed by atoms with E-state index in [0.717, 1.165) is 5.56 Å². The van der Waals surface area contributed by atoms with E-state index in [2.05, 4.69) is 0 Å². The Morgan fingerprint density at radius 1 is 1.20 bits per heavy atom. The first-order valence-electron chi connectivity index (χ1n) is 9.30. The topological polar surface area (TPSA) is 76.1 Å². The van der Waals surface area contributed by atoms with Crippen molar-refractivity contribution in [3.8, 4) is 11.5 Å². The lowest BCUT2D eigenvalue weighted by molar-refractivity contribution is -0.137. The van der Waals surface area contributed by atoms with Gasteiger partial charge in [0.15, 0.2) is 11.5 Å². The van der Waals surface area contributed by atoms with Crippen LogP contribution < -0.4 is 9.47 Å². The van der Waals surface area contributed by atoms with Gasteiger partial charge >= 0.3 is 5.97 Å². The molecule has 6 nitrogen and oxygen atoms in total. The minimum atomic E-state index is -0.896. The molecule has 0 spiro atoms. The van der Waals surface area contributed by atoms with Crippen LogP contribution in [0.3, 0.4) is 0 Å². The quantitative estimate of drug-likeness (QED) is 0.456. The fourth-order valence-electron chi connectivity index (χ4n) is 2.91. The fourth-order valence-corrected chi connectivity index (χ4v) is 4.21. The molecule has 0 bridgehead atoms.